The summed E-state index contributed by atoms with van der Waals surface area (Å²) in [5.41, 5.74) is 8.54. The van der Waals surface area contributed by atoms with Gasteiger partial charge in [-0.25, -0.2) is 5.43 Å². The normalized spacial score (nSPS) is 10.9. The molecule has 0 bridgehead atoms. The summed E-state index contributed by atoms with van der Waals surface area (Å²) in [6.07, 6.45) is 1.50. The van der Waals surface area contributed by atoms with Crippen molar-refractivity contribution in [2.75, 3.05) is 18.9 Å². The minimum atomic E-state index is -0.338. The molecule has 0 saturated carbocycles. The molecule has 0 aliphatic rings. The molecule has 0 aliphatic carbocycles. The van der Waals surface area contributed by atoms with Gasteiger partial charge in [0.1, 0.15) is 29.7 Å². The van der Waals surface area contributed by atoms with E-state index in [1.54, 1.807) is 18.2 Å². The number of anilines is 1. The highest BCUT2D eigenvalue weighted by atomic mass is 79.9. The number of nitrogens with zero attached hydrogens (tertiary/aromatic N) is 3. The van der Waals surface area contributed by atoms with Gasteiger partial charge in [0.25, 0.3) is 0 Å². The summed E-state index contributed by atoms with van der Waals surface area (Å²) in [6.45, 7) is 0.686. The Labute approximate surface area is 190 Å². The number of carbonyl (C=O) groups is 1. The molecule has 0 fully saturated rings. The number of rotatable bonds is 9. The number of hydrogen-bond donors (Lipinski definition) is 2. The van der Waals surface area contributed by atoms with Gasteiger partial charge in [-0.15, -0.1) is 10.2 Å². The zero-order valence-corrected chi connectivity index (χ0v) is 18.7. The van der Waals surface area contributed by atoms with E-state index >= 15 is 0 Å². The molecule has 30 heavy (non-hydrogen) atoms. The first-order chi connectivity index (χ1) is 14.5. The van der Waals surface area contributed by atoms with Gasteiger partial charge < -0.3 is 15.2 Å². The Morgan fingerprint density at radius 2 is 1.97 bits per heavy atom. The van der Waals surface area contributed by atoms with Crippen LogP contribution in [0.3, 0.4) is 0 Å². The lowest BCUT2D eigenvalue weighted by atomic mass is 10.2. The van der Waals surface area contributed by atoms with E-state index in [0.29, 0.717) is 39.7 Å². The first-order valence-electron chi connectivity index (χ1n) is 8.70. The molecule has 1 heterocycles. The SMILES string of the molecule is Nc1nnc(CC(=O)N/N=C\c2cc(Cl)ccc2OCCOc2ccc(Br)cc2)s1. The van der Waals surface area contributed by atoms with Crippen molar-refractivity contribution in [3.63, 3.8) is 0 Å². The zero-order valence-electron chi connectivity index (χ0n) is 15.5. The fourth-order valence-electron chi connectivity index (χ4n) is 2.28. The minimum absolute atomic E-state index is 0.0402. The van der Waals surface area contributed by atoms with Gasteiger partial charge in [0.05, 0.1) is 12.6 Å². The van der Waals surface area contributed by atoms with Gasteiger partial charge in [0.15, 0.2) is 0 Å². The molecule has 8 nitrogen and oxygen atoms in total. The lowest BCUT2D eigenvalue weighted by molar-refractivity contribution is -0.120. The molecule has 156 valence electrons. The molecule has 3 aromatic rings. The van der Waals surface area contributed by atoms with Crippen molar-refractivity contribution in [2.24, 2.45) is 5.10 Å². The summed E-state index contributed by atoms with van der Waals surface area (Å²) in [7, 11) is 0. The summed E-state index contributed by atoms with van der Waals surface area (Å²) in [4.78, 5) is 11.9. The Morgan fingerprint density at radius 3 is 2.70 bits per heavy atom. The van der Waals surface area contributed by atoms with Gasteiger partial charge >= 0.3 is 0 Å². The van der Waals surface area contributed by atoms with Crippen LogP contribution in [0.15, 0.2) is 52.0 Å². The third-order valence-corrected chi connectivity index (χ3v) is 5.10. The minimum Gasteiger partial charge on any atom is -0.490 e. The van der Waals surface area contributed by atoms with Crippen LogP contribution in [0.1, 0.15) is 10.6 Å². The molecule has 0 aliphatic heterocycles. The van der Waals surface area contributed by atoms with Crippen LogP contribution >= 0.6 is 38.9 Å². The largest absolute Gasteiger partial charge is 0.490 e. The van der Waals surface area contributed by atoms with Crippen LogP contribution in [-0.4, -0.2) is 35.5 Å². The number of nitrogens with one attached hydrogen (secondary N) is 1. The summed E-state index contributed by atoms with van der Waals surface area (Å²) in [6, 6.07) is 12.7. The maximum Gasteiger partial charge on any atom is 0.247 e. The van der Waals surface area contributed by atoms with E-state index in [2.05, 4.69) is 36.7 Å². The predicted molar refractivity (Wildman–Crippen MR) is 120 cm³/mol. The maximum atomic E-state index is 11.9. The summed E-state index contributed by atoms with van der Waals surface area (Å²) >= 11 is 10.6. The van der Waals surface area contributed by atoms with Crippen LogP contribution in [0.5, 0.6) is 11.5 Å². The highest BCUT2D eigenvalue weighted by Gasteiger charge is 2.08. The van der Waals surface area contributed by atoms with Crippen molar-refractivity contribution in [1.29, 1.82) is 0 Å². The van der Waals surface area contributed by atoms with Crippen molar-refractivity contribution < 1.29 is 14.3 Å². The second kappa shape index (κ2) is 10.9. The quantitative estimate of drug-likeness (QED) is 0.258. The standard InChI is InChI=1S/C19H17BrClN5O3S/c20-13-1-4-15(5-2-13)28-7-8-29-16-6-3-14(21)9-12(16)11-23-24-17(27)10-18-25-26-19(22)30-18/h1-6,9,11H,7-8,10H2,(H2,22,26)(H,24,27)/b23-11-. The lowest BCUT2D eigenvalue weighted by Gasteiger charge is -2.11. The van der Waals surface area contributed by atoms with Gasteiger partial charge in [-0.3, -0.25) is 4.79 Å². The average molecular weight is 511 g/mol. The Morgan fingerprint density at radius 1 is 1.20 bits per heavy atom. The number of carbonyl (C=O) groups excluding carboxylic acids is 1. The first-order valence-corrected chi connectivity index (χ1v) is 10.7. The summed E-state index contributed by atoms with van der Waals surface area (Å²) in [5.74, 6) is 0.975. The van der Waals surface area contributed by atoms with Gasteiger partial charge in [-0.2, -0.15) is 5.10 Å². The predicted octanol–water partition coefficient (Wildman–Crippen LogP) is 3.69. The number of aromatic nitrogens is 2. The molecule has 1 aromatic heterocycles. The second-order valence-electron chi connectivity index (χ2n) is 5.84. The van der Waals surface area contributed by atoms with E-state index in [0.717, 1.165) is 21.6 Å². The molecule has 0 atom stereocenters. The fraction of sp³-hybridized carbons (Fsp3) is 0.158. The number of amides is 1. The summed E-state index contributed by atoms with van der Waals surface area (Å²) < 4.78 is 12.4. The second-order valence-corrected chi connectivity index (χ2v) is 8.28. The Hall–Kier alpha value is -2.69. The van der Waals surface area contributed by atoms with Crippen LogP contribution in [0.2, 0.25) is 5.02 Å². The van der Waals surface area contributed by atoms with Crippen molar-refractivity contribution in [3.05, 3.63) is 62.5 Å². The van der Waals surface area contributed by atoms with Gasteiger partial charge in [-0.1, -0.05) is 38.9 Å². The number of hydrogen-bond acceptors (Lipinski definition) is 8. The Kier molecular flexibility index (Phi) is 8.00. The molecular weight excluding hydrogens is 494 g/mol. The number of halogens is 2. The number of benzene rings is 2. The van der Waals surface area contributed by atoms with Crippen molar-refractivity contribution in [3.8, 4) is 11.5 Å². The first kappa shape index (κ1) is 22.0. The van der Waals surface area contributed by atoms with E-state index in [1.807, 2.05) is 24.3 Å². The van der Waals surface area contributed by atoms with Crippen molar-refractivity contribution in [2.45, 2.75) is 6.42 Å². The fourth-order valence-corrected chi connectivity index (χ4v) is 3.34. The third kappa shape index (κ3) is 6.97. The smallest absolute Gasteiger partial charge is 0.247 e. The van der Waals surface area contributed by atoms with Gasteiger partial charge in [-0.05, 0) is 42.5 Å². The molecule has 0 unspecified atom stereocenters. The molecule has 0 spiro atoms. The molecule has 11 heteroatoms. The maximum absolute atomic E-state index is 11.9. The van der Waals surface area contributed by atoms with Crippen LogP contribution in [0.4, 0.5) is 5.13 Å². The van der Waals surface area contributed by atoms with E-state index in [-0.39, 0.29) is 12.3 Å². The van der Waals surface area contributed by atoms with Crippen molar-refractivity contribution >= 4 is 56.1 Å². The number of nitrogen functional groups attached to an aromatic ring is 1. The molecule has 0 radical (unpaired) electrons. The van der Waals surface area contributed by atoms with E-state index in [1.165, 1.54) is 6.21 Å². The molecule has 1 amide bonds. The molecular formula is C19H17BrClN5O3S. The average Bonchev–Trinajstić information content (AvgIpc) is 3.12. The van der Waals surface area contributed by atoms with Crippen molar-refractivity contribution in [1.82, 2.24) is 15.6 Å². The topological polar surface area (TPSA) is 112 Å². The van der Waals surface area contributed by atoms with Gasteiger partial charge in [0.2, 0.25) is 11.0 Å². The Bertz CT molecular complexity index is 1030. The summed E-state index contributed by atoms with van der Waals surface area (Å²) in [5, 5.41) is 12.8. The van der Waals surface area contributed by atoms with Crippen LogP contribution < -0.4 is 20.6 Å². The highest BCUT2D eigenvalue weighted by molar-refractivity contribution is 9.10. The monoisotopic (exact) mass is 509 g/mol. The van der Waals surface area contributed by atoms with E-state index in [4.69, 9.17) is 26.8 Å². The number of nitrogens with two attached hydrogens (primary N) is 1. The van der Waals surface area contributed by atoms with E-state index in [9.17, 15) is 4.79 Å². The highest BCUT2D eigenvalue weighted by Crippen LogP contribution is 2.22. The molecule has 3 rings (SSSR count). The molecule has 2 aromatic carbocycles. The van der Waals surface area contributed by atoms with E-state index < -0.39 is 0 Å². The van der Waals surface area contributed by atoms with Crippen LogP contribution in [0.25, 0.3) is 0 Å². The molecule has 3 N–H and O–H groups in total. The van der Waals surface area contributed by atoms with Crippen LogP contribution in [-0.2, 0) is 11.2 Å². The third-order valence-electron chi connectivity index (χ3n) is 3.58. The zero-order chi connectivity index (χ0) is 21.3. The van der Waals surface area contributed by atoms with Crippen LogP contribution in [0, 0.1) is 0 Å². The molecule has 0 saturated heterocycles. The van der Waals surface area contributed by atoms with Gasteiger partial charge in [0, 0.05) is 15.1 Å². The number of ether oxygens (including phenoxy) is 2. The number of hydrazone groups is 1. The Balaban J connectivity index is 1.51. The lowest BCUT2D eigenvalue weighted by Crippen LogP contribution is -2.19.